The molecule has 0 spiro atoms. The lowest BCUT2D eigenvalue weighted by molar-refractivity contribution is 0.136. The van der Waals surface area contributed by atoms with Crippen molar-refractivity contribution >= 4 is 5.95 Å². The van der Waals surface area contributed by atoms with Gasteiger partial charge in [0.05, 0.1) is 26.0 Å². The van der Waals surface area contributed by atoms with Gasteiger partial charge < -0.3 is 14.4 Å². The fourth-order valence-corrected chi connectivity index (χ4v) is 4.30. The van der Waals surface area contributed by atoms with E-state index in [2.05, 4.69) is 20.9 Å². The maximum Gasteiger partial charge on any atom is 0.225 e. The summed E-state index contributed by atoms with van der Waals surface area (Å²) in [6.45, 7) is 1.80. The van der Waals surface area contributed by atoms with Gasteiger partial charge in [-0.15, -0.1) is 0 Å². The molecule has 32 heavy (non-hydrogen) atoms. The summed E-state index contributed by atoms with van der Waals surface area (Å²) in [5.41, 5.74) is 4.37. The topological polar surface area (TPSA) is 63.6 Å². The predicted molar refractivity (Wildman–Crippen MR) is 126 cm³/mol. The summed E-state index contributed by atoms with van der Waals surface area (Å²) < 4.78 is 11.0. The Morgan fingerprint density at radius 3 is 2.59 bits per heavy atom. The maximum absolute atomic E-state index is 5.67. The molecule has 1 saturated heterocycles. The summed E-state index contributed by atoms with van der Waals surface area (Å²) in [5, 5.41) is 0. The summed E-state index contributed by atoms with van der Waals surface area (Å²) in [7, 11) is 7.34. The number of benzene rings is 1. The van der Waals surface area contributed by atoms with E-state index in [1.165, 1.54) is 12.8 Å². The minimum absolute atomic E-state index is 0.195. The van der Waals surface area contributed by atoms with E-state index in [0.29, 0.717) is 0 Å². The van der Waals surface area contributed by atoms with Crippen molar-refractivity contribution in [1.82, 2.24) is 19.9 Å². The first-order chi connectivity index (χ1) is 15.6. The first-order valence-electron chi connectivity index (χ1n) is 11.0. The molecule has 2 aromatic heterocycles. The van der Waals surface area contributed by atoms with Crippen LogP contribution in [0.1, 0.15) is 36.6 Å². The number of pyridine rings is 1. The van der Waals surface area contributed by atoms with Crippen LogP contribution in [0, 0.1) is 0 Å². The van der Waals surface area contributed by atoms with Crippen LogP contribution in [0.4, 0.5) is 5.95 Å². The highest BCUT2D eigenvalue weighted by atomic mass is 16.5. The molecule has 7 heteroatoms. The zero-order valence-electron chi connectivity index (χ0n) is 19.3. The second-order valence-corrected chi connectivity index (χ2v) is 8.26. The second-order valence-electron chi connectivity index (χ2n) is 8.26. The van der Waals surface area contributed by atoms with E-state index in [9.17, 15) is 0 Å². The van der Waals surface area contributed by atoms with E-state index in [1.807, 2.05) is 61.9 Å². The number of piperidine rings is 1. The lowest BCUT2D eigenvalue weighted by atomic mass is 9.93. The van der Waals surface area contributed by atoms with Crippen LogP contribution in [-0.2, 0) is 6.54 Å². The number of anilines is 1. The van der Waals surface area contributed by atoms with Crippen molar-refractivity contribution in [3.8, 4) is 22.6 Å². The number of hydrogen-bond acceptors (Lipinski definition) is 7. The molecule has 0 saturated carbocycles. The van der Waals surface area contributed by atoms with Crippen LogP contribution < -0.4 is 14.4 Å². The van der Waals surface area contributed by atoms with E-state index in [1.54, 1.807) is 14.2 Å². The molecule has 0 unspecified atom stereocenters. The molecule has 1 fully saturated rings. The SMILES string of the molecule is COc1ccc(CN2CCCC[C@H]2c2nc(N(C)C)ncc2-c2ccncc2)c(OC)c1. The van der Waals surface area contributed by atoms with Gasteiger partial charge in [-0.3, -0.25) is 9.88 Å². The molecule has 1 atom stereocenters. The van der Waals surface area contributed by atoms with Gasteiger partial charge in [0.2, 0.25) is 5.95 Å². The van der Waals surface area contributed by atoms with Crippen LogP contribution in [0.5, 0.6) is 11.5 Å². The van der Waals surface area contributed by atoms with Gasteiger partial charge in [-0.2, -0.15) is 0 Å². The highest BCUT2D eigenvalue weighted by molar-refractivity contribution is 5.66. The summed E-state index contributed by atoms with van der Waals surface area (Å²) in [4.78, 5) is 18.3. The van der Waals surface area contributed by atoms with Gasteiger partial charge in [0.1, 0.15) is 11.5 Å². The van der Waals surface area contributed by atoms with Gasteiger partial charge >= 0.3 is 0 Å². The molecule has 7 nitrogen and oxygen atoms in total. The molecule has 0 amide bonds. The largest absolute Gasteiger partial charge is 0.497 e. The molecule has 1 aliphatic heterocycles. The summed E-state index contributed by atoms with van der Waals surface area (Å²) >= 11 is 0. The van der Waals surface area contributed by atoms with Crippen LogP contribution >= 0.6 is 0 Å². The van der Waals surface area contributed by atoms with Gasteiger partial charge in [-0.05, 0) is 43.1 Å². The number of hydrogen-bond donors (Lipinski definition) is 0. The summed E-state index contributed by atoms with van der Waals surface area (Å²) in [6.07, 6.45) is 9.00. The first kappa shape index (κ1) is 22.0. The molecule has 0 radical (unpaired) electrons. The highest BCUT2D eigenvalue weighted by Crippen LogP contribution is 2.38. The molecule has 0 bridgehead atoms. The molecule has 168 valence electrons. The van der Waals surface area contributed by atoms with Crippen LogP contribution in [-0.4, -0.2) is 54.7 Å². The smallest absolute Gasteiger partial charge is 0.225 e. The van der Waals surface area contributed by atoms with E-state index in [4.69, 9.17) is 14.5 Å². The third kappa shape index (κ3) is 4.67. The molecule has 3 heterocycles. The number of methoxy groups -OCH3 is 2. The highest BCUT2D eigenvalue weighted by Gasteiger charge is 2.29. The molecule has 4 rings (SSSR count). The van der Waals surface area contributed by atoms with Crippen molar-refractivity contribution in [2.75, 3.05) is 39.8 Å². The Hall–Kier alpha value is -3.19. The average molecular weight is 434 g/mol. The minimum Gasteiger partial charge on any atom is -0.497 e. The summed E-state index contributed by atoms with van der Waals surface area (Å²) in [6, 6.07) is 10.3. The van der Waals surface area contributed by atoms with Gasteiger partial charge in [0, 0.05) is 56.4 Å². The fourth-order valence-electron chi connectivity index (χ4n) is 4.30. The Morgan fingerprint density at radius 1 is 1.06 bits per heavy atom. The molecular weight excluding hydrogens is 402 g/mol. The molecule has 0 N–H and O–H groups in total. The van der Waals surface area contributed by atoms with E-state index in [0.717, 1.165) is 59.3 Å². The number of aromatic nitrogens is 3. The Balaban J connectivity index is 1.73. The van der Waals surface area contributed by atoms with Crippen molar-refractivity contribution in [2.45, 2.75) is 31.8 Å². The van der Waals surface area contributed by atoms with E-state index >= 15 is 0 Å². The lowest BCUT2D eigenvalue weighted by Gasteiger charge is -2.36. The Bertz CT molecular complexity index is 1040. The minimum atomic E-state index is 0.195. The molecule has 3 aromatic rings. The molecule has 0 aliphatic carbocycles. The zero-order valence-corrected chi connectivity index (χ0v) is 19.3. The standard InChI is InChI=1S/C25H31N5O2/c1-29(2)25-27-16-21(18-10-12-26-13-11-18)24(28-25)22-7-5-6-14-30(22)17-19-8-9-20(31-3)15-23(19)32-4/h8-13,15-16,22H,5-7,14,17H2,1-4H3/t22-/m0/s1. The third-order valence-corrected chi connectivity index (χ3v) is 5.99. The summed E-state index contributed by atoms with van der Waals surface area (Å²) in [5.74, 6) is 2.37. The number of nitrogens with zero attached hydrogens (tertiary/aromatic N) is 5. The van der Waals surface area contributed by atoms with Crippen molar-refractivity contribution in [3.05, 3.63) is 60.2 Å². The predicted octanol–water partition coefficient (Wildman–Crippen LogP) is 4.35. The Morgan fingerprint density at radius 2 is 1.88 bits per heavy atom. The van der Waals surface area contributed by atoms with Crippen LogP contribution in [0.3, 0.4) is 0 Å². The molecule has 1 aliphatic rings. The van der Waals surface area contributed by atoms with Crippen molar-refractivity contribution in [3.63, 3.8) is 0 Å². The van der Waals surface area contributed by atoms with Crippen molar-refractivity contribution < 1.29 is 9.47 Å². The second kappa shape index (κ2) is 9.96. The average Bonchev–Trinajstić information content (AvgIpc) is 2.84. The zero-order chi connectivity index (χ0) is 22.5. The normalized spacial score (nSPS) is 16.6. The molecular formula is C25H31N5O2. The van der Waals surface area contributed by atoms with Gasteiger partial charge in [-0.25, -0.2) is 9.97 Å². The Labute approximate surface area is 190 Å². The number of likely N-dealkylation sites (tertiary alicyclic amines) is 1. The number of rotatable bonds is 7. The monoisotopic (exact) mass is 433 g/mol. The van der Waals surface area contributed by atoms with Crippen LogP contribution in [0.25, 0.3) is 11.1 Å². The van der Waals surface area contributed by atoms with Crippen LogP contribution in [0.15, 0.2) is 48.9 Å². The third-order valence-electron chi connectivity index (χ3n) is 5.99. The van der Waals surface area contributed by atoms with E-state index < -0.39 is 0 Å². The van der Waals surface area contributed by atoms with E-state index in [-0.39, 0.29) is 6.04 Å². The quantitative estimate of drug-likeness (QED) is 0.549. The van der Waals surface area contributed by atoms with Crippen molar-refractivity contribution in [2.24, 2.45) is 0 Å². The fraction of sp³-hybridized carbons (Fsp3) is 0.400. The van der Waals surface area contributed by atoms with Crippen molar-refractivity contribution in [1.29, 1.82) is 0 Å². The van der Waals surface area contributed by atoms with Crippen LogP contribution in [0.2, 0.25) is 0 Å². The van der Waals surface area contributed by atoms with Gasteiger partial charge in [-0.1, -0.05) is 12.5 Å². The number of ether oxygens (including phenoxy) is 2. The van der Waals surface area contributed by atoms with Gasteiger partial charge in [0.25, 0.3) is 0 Å². The molecule has 1 aromatic carbocycles. The first-order valence-corrected chi connectivity index (χ1v) is 11.0. The Kier molecular flexibility index (Phi) is 6.85. The lowest BCUT2D eigenvalue weighted by Crippen LogP contribution is -2.34. The maximum atomic E-state index is 5.67. The van der Waals surface area contributed by atoms with Gasteiger partial charge in [0.15, 0.2) is 0 Å².